The van der Waals surface area contributed by atoms with Crippen molar-refractivity contribution in [3.8, 4) is 0 Å². The summed E-state index contributed by atoms with van der Waals surface area (Å²) in [5.41, 5.74) is 9.64. The molecule has 0 N–H and O–H groups in total. The summed E-state index contributed by atoms with van der Waals surface area (Å²) in [6.07, 6.45) is -22.5. The minimum Gasteiger partial charge on any atom is -0.457 e. The van der Waals surface area contributed by atoms with Crippen LogP contribution in [0, 0.1) is 5.92 Å². The number of benzene rings is 11. The van der Waals surface area contributed by atoms with Crippen LogP contribution in [0.15, 0.2) is 334 Å². The highest BCUT2D eigenvalue weighted by molar-refractivity contribution is 5.66. The lowest BCUT2D eigenvalue weighted by Gasteiger charge is -2.51. The van der Waals surface area contributed by atoms with Gasteiger partial charge in [0.1, 0.15) is 73.2 Å². The van der Waals surface area contributed by atoms with Crippen LogP contribution in [0.1, 0.15) is 75.0 Å². The van der Waals surface area contributed by atoms with Gasteiger partial charge in [-0.15, -0.1) is 0 Å². The Morgan fingerprint density at radius 3 is 0.800 bits per heavy atom. The molecule has 21 heteroatoms. The third-order valence-corrected chi connectivity index (χ3v) is 22.5. The second kappa shape index (κ2) is 47.6. The molecular formula is C104H111FO20. The van der Waals surface area contributed by atoms with E-state index in [1.807, 2.05) is 341 Å². The first kappa shape index (κ1) is 89.9. The summed E-state index contributed by atoms with van der Waals surface area (Å²) in [5, 5.41) is 0. The second-order valence-corrected chi connectivity index (χ2v) is 31.7. The van der Waals surface area contributed by atoms with E-state index in [4.69, 9.17) is 90.0 Å². The smallest absolute Gasteiger partial charge is 0.303 e. The average Bonchev–Trinajstić information content (AvgIpc) is 0.766. The van der Waals surface area contributed by atoms with Gasteiger partial charge < -0.3 is 90.0 Å². The molecule has 4 aliphatic heterocycles. The van der Waals surface area contributed by atoms with Crippen molar-refractivity contribution in [1.29, 1.82) is 0 Å². The van der Waals surface area contributed by atoms with Crippen LogP contribution in [0.3, 0.4) is 0 Å². The van der Waals surface area contributed by atoms with Crippen molar-refractivity contribution in [2.24, 2.45) is 5.92 Å². The highest BCUT2D eigenvalue weighted by Gasteiger charge is 2.57. The molecule has 0 amide bonds. The molecule has 11 aromatic carbocycles. The highest BCUT2D eigenvalue weighted by Crippen LogP contribution is 2.41. The first-order chi connectivity index (χ1) is 61.6. The van der Waals surface area contributed by atoms with Crippen molar-refractivity contribution in [1.82, 2.24) is 0 Å². The molecule has 0 bridgehead atoms. The molecule has 20 atom stereocenters. The molecule has 4 heterocycles. The van der Waals surface area contributed by atoms with Gasteiger partial charge in [0.05, 0.1) is 105 Å². The Balaban J connectivity index is 0.842. The maximum absolute atomic E-state index is 17.7. The van der Waals surface area contributed by atoms with Gasteiger partial charge in [-0.2, -0.15) is 0 Å². The Hall–Kier alpha value is -9.90. The zero-order valence-corrected chi connectivity index (χ0v) is 70.5. The van der Waals surface area contributed by atoms with Crippen LogP contribution in [-0.2, 0) is 167 Å². The Morgan fingerprint density at radius 2 is 0.472 bits per heavy atom. The molecule has 11 aromatic rings. The summed E-state index contributed by atoms with van der Waals surface area (Å²) in [4.78, 5) is 13.5. The van der Waals surface area contributed by atoms with Crippen LogP contribution in [0.5, 0.6) is 0 Å². The monoisotopic (exact) mass is 1700 g/mol. The van der Waals surface area contributed by atoms with Gasteiger partial charge >= 0.3 is 5.97 Å². The lowest BCUT2D eigenvalue weighted by Crippen LogP contribution is -2.67. The number of hydrogen-bond acceptors (Lipinski definition) is 20. The van der Waals surface area contributed by atoms with E-state index in [2.05, 4.69) is 0 Å². The van der Waals surface area contributed by atoms with Crippen LogP contribution in [0.25, 0.3) is 0 Å². The zero-order valence-electron chi connectivity index (χ0n) is 70.5. The summed E-state index contributed by atoms with van der Waals surface area (Å²) >= 11 is 0. The lowest BCUT2D eigenvalue weighted by atomic mass is 9.91. The molecule has 0 radical (unpaired) electrons. The molecule has 0 aliphatic carbocycles. The van der Waals surface area contributed by atoms with Gasteiger partial charge in [-0.05, 0) is 61.2 Å². The molecule has 4 fully saturated rings. The van der Waals surface area contributed by atoms with Gasteiger partial charge in [-0.1, -0.05) is 341 Å². The second-order valence-electron chi connectivity index (χ2n) is 31.7. The summed E-state index contributed by atoms with van der Waals surface area (Å²) in [6, 6.07) is 108. The number of ether oxygens (including phenoxy) is 19. The predicted molar refractivity (Wildman–Crippen MR) is 465 cm³/mol. The van der Waals surface area contributed by atoms with Gasteiger partial charge in [0.25, 0.3) is 0 Å². The molecule has 20 nitrogen and oxygen atoms in total. The molecule has 4 saturated heterocycles. The van der Waals surface area contributed by atoms with Crippen LogP contribution in [0.2, 0.25) is 0 Å². The number of hydrogen-bond donors (Lipinski definition) is 0. The number of carbonyl (C=O) groups is 1. The normalized spacial score (nSPS) is 26.2. The van der Waals surface area contributed by atoms with E-state index < -0.39 is 135 Å². The molecule has 125 heavy (non-hydrogen) atoms. The SMILES string of the molecule is CC(=O)O[C@@H]1C(OCc2ccccc2)[C@H](F)OC(CO[C@@H]2OC(COCc3ccccc3)[C@H](OCc3ccccc3)[C@H](OCc3ccccc3)C2O[C@@H]2OC(CO[C@@H]3OC(COCc4ccccc4)[C@H](OCc4ccccc4)[C@H](OCc4ccccc4)C3C)[C@H](OCc3ccccc3)[C@H](OCc3ccccc3)C2OCc2ccccc2)[C@H]1OCc1ccccc1. The van der Waals surface area contributed by atoms with Crippen molar-refractivity contribution >= 4 is 5.97 Å². The van der Waals surface area contributed by atoms with Crippen molar-refractivity contribution in [3.63, 3.8) is 0 Å². The first-order valence-electron chi connectivity index (χ1n) is 43.1. The molecule has 0 spiro atoms. The third kappa shape index (κ3) is 26.4. The standard InChI is InChI=1S/C104H111FO20/c1-73-90(109-60-77-40-18-5-19-41-77)91(110-61-78-42-20-6-21-43-78)86(69-107-58-75-36-14-3-15-37-75)122-102(73)118-72-89-93(112-63-80-46-24-8-25-47-80)95(114-65-82-50-28-10-29-51-82)99(117-68-85-56-34-13-35-57-85)104(124-89)125-100-96(115-66-83-52-30-11-31-53-83)92(111-62-79-44-22-7-23-45-79)87(70-108-59-76-38-16-4-17-39-76)123-103(100)119-71-88-94(113-64-81-48-26-9-27-49-81)97(120-74(2)106)98(101(105)121-88)116-67-84-54-32-12-33-55-84/h3-57,73,86-104H,58-72H2,1-2H3/t73?,86?,87?,88?,89?,90-,91+,92+,93+,94-,95+,96+,97+,98?,99?,100?,101-,102-,103-,104+/m1/s1. The Bertz CT molecular complexity index is 4830. The fraction of sp³-hybridized carbons (Fsp3) is 0.356. The van der Waals surface area contributed by atoms with Crippen molar-refractivity contribution in [3.05, 3.63) is 395 Å². The molecular weight excluding hydrogens is 1590 g/mol. The Kier molecular flexibility index (Phi) is 34.2. The zero-order chi connectivity index (χ0) is 85.4. The molecule has 4 aliphatic rings. The number of esters is 1. The fourth-order valence-electron chi connectivity index (χ4n) is 16.1. The maximum Gasteiger partial charge on any atom is 0.303 e. The van der Waals surface area contributed by atoms with Crippen molar-refractivity contribution in [2.45, 2.75) is 203 Å². The number of alkyl halides is 1. The molecule has 0 aromatic heterocycles. The summed E-state index contributed by atoms with van der Waals surface area (Å²) in [6.45, 7) is 4.00. The predicted octanol–water partition coefficient (Wildman–Crippen LogP) is 17.5. The largest absolute Gasteiger partial charge is 0.457 e. The van der Waals surface area contributed by atoms with Gasteiger partial charge in [-0.3, -0.25) is 4.79 Å². The maximum atomic E-state index is 17.7. The summed E-state index contributed by atoms with van der Waals surface area (Å²) in [5.74, 6) is -1.20. The highest BCUT2D eigenvalue weighted by atomic mass is 19.1. The van der Waals surface area contributed by atoms with Gasteiger partial charge in [0, 0.05) is 12.8 Å². The number of halogens is 1. The van der Waals surface area contributed by atoms with E-state index >= 15 is 4.39 Å². The van der Waals surface area contributed by atoms with Crippen molar-refractivity contribution < 1.29 is 99.2 Å². The summed E-state index contributed by atoms with van der Waals surface area (Å²) in [7, 11) is 0. The minimum atomic E-state index is -2.19. The van der Waals surface area contributed by atoms with E-state index in [9.17, 15) is 4.79 Å². The molecule has 8 unspecified atom stereocenters. The Labute approximate surface area is 731 Å². The van der Waals surface area contributed by atoms with Gasteiger partial charge in [-0.25, -0.2) is 4.39 Å². The van der Waals surface area contributed by atoms with Crippen LogP contribution in [0.4, 0.5) is 4.39 Å². The first-order valence-corrected chi connectivity index (χ1v) is 43.1. The van der Waals surface area contributed by atoms with E-state index in [1.165, 1.54) is 6.92 Å². The molecule has 654 valence electrons. The topological polar surface area (TPSA) is 192 Å². The van der Waals surface area contributed by atoms with E-state index in [0.717, 1.165) is 61.2 Å². The van der Waals surface area contributed by atoms with E-state index in [1.54, 1.807) is 0 Å². The third-order valence-electron chi connectivity index (χ3n) is 22.5. The van der Waals surface area contributed by atoms with Crippen LogP contribution in [-0.4, -0.2) is 149 Å². The van der Waals surface area contributed by atoms with E-state index in [-0.39, 0.29) is 85.9 Å². The van der Waals surface area contributed by atoms with Crippen LogP contribution < -0.4 is 0 Å². The number of carbonyl (C=O) groups excluding carboxylic acids is 1. The minimum absolute atomic E-state index is 0.00645. The van der Waals surface area contributed by atoms with E-state index in [0.29, 0.717) is 6.61 Å². The number of rotatable bonds is 44. The fourth-order valence-corrected chi connectivity index (χ4v) is 16.1. The average molecular weight is 1700 g/mol. The lowest BCUT2D eigenvalue weighted by molar-refractivity contribution is -0.389. The van der Waals surface area contributed by atoms with Crippen LogP contribution >= 0.6 is 0 Å². The summed E-state index contributed by atoms with van der Waals surface area (Å²) < 4.78 is 153. The molecule has 0 saturated carbocycles. The van der Waals surface area contributed by atoms with Gasteiger partial charge in [0.15, 0.2) is 31.1 Å². The molecule has 15 rings (SSSR count). The van der Waals surface area contributed by atoms with Gasteiger partial charge in [0.2, 0.25) is 6.36 Å². The Morgan fingerprint density at radius 1 is 0.240 bits per heavy atom. The quantitative estimate of drug-likeness (QED) is 0.0327. The van der Waals surface area contributed by atoms with Crippen molar-refractivity contribution in [2.75, 3.05) is 26.4 Å².